The van der Waals surface area contributed by atoms with E-state index in [2.05, 4.69) is 58.1 Å². The zero-order valence-corrected chi connectivity index (χ0v) is 12.1. The van der Waals surface area contributed by atoms with Crippen LogP contribution >= 0.6 is 0 Å². The first kappa shape index (κ1) is 12.1. The second-order valence-electron chi connectivity index (χ2n) is 5.92. The molecule has 2 aliphatic heterocycles. The average Bonchev–Trinajstić information content (AvgIpc) is 3.18. The molecule has 3 aromatic rings. The van der Waals surface area contributed by atoms with Crippen LogP contribution in [0.1, 0.15) is 22.9 Å². The van der Waals surface area contributed by atoms with Crippen molar-refractivity contribution in [2.24, 2.45) is 0 Å². The number of H-pyrrole nitrogens is 1. The van der Waals surface area contributed by atoms with Crippen molar-refractivity contribution < 1.29 is 4.74 Å². The molecule has 0 unspecified atom stereocenters. The van der Waals surface area contributed by atoms with Crippen molar-refractivity contribution in [2.45, 2.75) is 12.5 Å². The van der Waals surface area contributed by atoms with E-state index in [1.54, 1.807) is 0 Å². The van der Waals surface area contributed by atoms with E-state index in [-0.39, 0.29) is 6.04 Å². The van der Waals surface area contributed by atoms with Crippen LogP contribution in [0, 0.1) is 0 Å². The summed E-state index contributed by atoms with van der Waals surface area (Å²) < 4.78 is 5.52. The Morgan fingerprint density at radius 2 is 2.05 bits per heavy atom. The highest BCUT2D eigenvalue weighted by atomic mass is 16.5. The maximum Gasteiger partial charge on any atom is 0.159 e. The van der Waals surface area contributed by atoms with E-state index < -0.39 is 0 Å². The monoisotopic (exact) mass is 291 g/mol. The molecule has 0 saturated carbocycles. The fourth-order valence-corrected chi connectivity index (χ4v) is 3.65. The standard InChI is InChI=1S/C18H17N3O/c1-2-4-14-12(3-1)13-7-8-19-17(18(13)21-14)11-5-6-16-15(9-11)20-10-22-16/h1-6,9,17,19-21H,7-8,10H2/t17-/m0/s1. The van der Waals surface area contributed by atoms with Crippen LogP contribution in [0.25, 0.3) is 10.9 Å². The van der Waals surface area contributed by atoms with Crippen LogP contribution in [-0.4, -0.2) is 18.3 Å². The smallest absolute Gasteiger partial charge is 0.159 e. The van der Waals surface area contributed by atoms with Crippen molar-refractivity contribution in [3.8, 4) is 5.75 Å². The molecule has 4 nitrogen and oxygen atoms in total. The van der Waals surface area contributed by atoms with Gasteiger partial charge in [0, 0.05) is 23.1 Å². The molecule has 5 rings (SSSR count). The van der Waals surface area contributed by atoms with E-state index in [0.717, 1.165) is 24.4 Å². The molecule has 2 aromatic carbocycles. The highest BCUT2D eigenvalue weighted by Crippen LogP contribution is 2.37. The molecule has 0 fully saturated rings. The number of ether oxygens (including phenoxy) is 1. The first-order valence-electron chi connectivity index (χ1n) is 7.73. The zero-order chi connectivity index (χ0) is 14.5. The fourth-order valence-electron chi connectivity index (χ4n) is 3.65. The molecule has 2 aliphatic rings. The van der Waals surface area contributed by atoms with Crippen LogP contribution in [-0.2, 0) is 6.42 Å². The normalized spacial score (nSPS) is 19.4. The van der Waals surface area contributed by atoms with E-state index >= 15 is 0 Å². The van der Waals surface area contributed by atoms with Gasteiger partial charge >= 0.3 is 0 Å². The summed E-state index contributed by atoms with van der Waals surface area (Å²) >= 11 is 0. The summed E-state index contributed by atoms with van der Waals surface area (Å²) in [4.78, 5) is 3.62. The van der Waals surface area contributed by atoms with E-state index in [4.69, 9.17) is 4.74 Å². The summed E-state index contributed by atoms with van der Waals surface area (Å²) in [7, 11) is 0. The lowest BCUT2D eigenvalue weighted by molar-refractivity contribution is 0.372. The Bertz CT molecular complexity index is 868. The van der Waals surface area contributed by atoms with E-state index in [1.165, 1.54) is 27.7 Å². The second kappa shape index (κ2) is 4.52. The number of para-hydroxylation sites is 1. The maximum atomic E-state index is 5.52. The molecule has 22 heavy (non-hydrogen) atoms. The van der Waals surface area contributed by atoms with Gasteiger partial charge in [-0.1, -0.05) is 24.3 Å². The van der Waals surface area contributed by atoms with Gasteiger partial charge in [0.2, 0.25) is 0 Å². The molecule has 0 amide bonds. The summed E-state index contributed by atoms with van der Waals surface area (Å²) in [5.41, 5.74) is 6.32. The zero-order valence-electron chi connectivity index (χ0n) is 12.1. The number of fused-ring (bicyclic) bond motifs is 4. The first-order chi connectivity index (χ1) is 10.9. The Balaban J connectivity index is 1.65. The minimum atomic E-state index is 0.212. The lowest BCUT2D eigenvalue weighted by atomic mass is 9.94. The van der Waals surface area contributed by atoms with Gasteiger partial charge in [-0.25, -0.2) is 0 Å². The van der Waals surface area contributed by atoms with Crippen molar-refractivity contribution in [2.75, 3.05) is 18.6 Å². The van der Waals surface area contributed by atoms with Crippen molar-refractivity contribution in [3.63, 3.8) is 0 Å². The number of anilines is 1. The molecule has 1 atom stereocenters. The van der Waals surface area contributed by atoms with Gasteiger partial charge in [0.1, 0.15) is 5.75 Å². The van der Waals surface area contributed by atoms with Crippen LogP contribution in [0.5, 0.6) is 5.75 Å². The number of rotatable bonds is 1. The van der Waals surface area contributed by atoms with Crippen LogP contribution in [0.4, 0.5) is 5.69 Å². The molecule has 4 heteroatoms. The fraction of sp³-hybridized carbons (Fsp3) is 0.222. The molecule has 0 saturated heterocycles. The number of benzene rings is 2. The van der Waals surface area contributed by atoms with Gasteiger partial charge < -0.3 is 20.4 Å². The summed E-state index contributed by atoms with van der Waals surface area (Å²) in [5, 5.41) is 8.27. The third-order valence-corrected chi connectivity index (χ3v) is 4.69. The molecule has 1 aromatic heterocycles. The molecule has 3 N–H and O–H groups in total. The van der Waals surface area contributed by atoms with Crippen LogP contribution in [0.3, 0.4) is 0 Å². The van der Waals surface area contributed by atoms with Crippen LogP contribution < -0.4 is 15.4 Å². The van der Waals surface area contributed by atoms with Crippen molar-refractivity contribution >= 4 is 16.6 Å². The predicted molar refractivity (Wildman–Crippen MR) is 87.4 cm³/mol. The number of aromatic amines is 1. The number of hydrogen-bond acceptors (Lipinski definition) is 3. The van der Waals surface area contributed by atoms with Gasteiger partial charge in [0.25, 0.3) is 0 Å². The van der Waals surface area contributed by atoms with Crippen molar-refractivity contribution in [1.29, 1.82) is 0 Å². The molecule has 0 bridgehead atoms. The molecule has 0 spiro atoms. The maximum absolute atomic E-state index is 5.52. The second-order valence-corrected chi connectivity index (χ2v) is 5.92. The quantitative estimate of drug-likeness (QED) is 0.645. The number of hydrogen-bond donors (Lipinski definition) is 3. The van der Waals surface area contributed by atoms with Gasteiger partial charge in [0.15, 0.2) is 6.73 Å². The van der Waals surface area contributed by atoms with Gasteiger partial charge in [-0.3, -0.25) is 0 Å². The highest BCUT2D eigenvalue weighted by Gasteiger charge is 2.26. The Morgan fingerprint density at radius 1 is 1.09 bits per heavy atom. The Labute approximate surface area is 128 Å². The largest absolute Gasteiger partial charge is 0.471 e. The third-order valence-electron chi connectivity index (χ3n) is 4.69. The first-order valence-corrected chi connectivity index (χ1v) is 7.73. The molecular formula is C18H17N3O. The van der Waals surface area contributed by atoms with E-state index in [1.807, 2.05) is 0 Å². The summed E-state index contributed by atoms with van der Waals surface area (Å²) in [6.07, 6.45) is 1.07. The Hall–Kier alpha value is -2.46. The minimum absolute atomic E-state index is 0.212. The molecular weight excluding hydrogens is 274 g/mol. The molecule has 0 radical (unpaired) electrons. The Morgan fingerprint density at radius 3 is 3.05 bits per heavy atom. The lowest BCUT2D eigenvalue weighted by Crippen LogP contribution is -2.30. The van der Waals surface area contributed by atoms with Crippen LogP contribution in [0.2, 0.25) is 0 Å². The molecule has 0 aliphatic carbocycles. The topological polar surface area (TPSA) is 49.1 Å². The van der Waals surface area contributed by atoms with Gasteiger partial charge in [0.05, 0.1) is 11.7 Å². The lowest BCUT2D eigenvalue weighted by Gasteiger charge is -2.25. The summed E-state index contributed by atoms with van der Waals surface area (Å²) in [6.45, 7) is 1.56. The van der Waals surface area contributed by atoms with Crippen LogP contribution in [0.15, 0.2) is 42.5 Å². The third kappa shape index (κ3) is 1.67. The average molecular weight is 291 g/mol. The van der Waals surface area contributed by atoms with Gasteiger partial charge in [-0.15, -0.1) is 0 Å². The summed E-state index contributed by atoms with van der Waals surface area (Å²) in [6, 6.07) is 15.2. The summed E-state index contributed by atoms with van der Waals surface area (Å²) in [5.74, 6) is 0.941. The van der Waals surface area contributed by atoms with E-state index in [9.17, 15) is 0 Å². The van der Waals surface area contributed by atoms with Crippen molar-refractivity contribution in [3.05, 3.63) is 59.3 Å². The highest BCUT2D eigenvalue weighted by molar-refractivity contribution is 5.85. The van der Waals surface area contributed by atoms with E-state index in [0.29, 0.717) is 6.73 Å². The van der Waals surface area contributed by atoms with Gasteiger partial charge in [-0.2, -0.15) is 0 Å². The molecule has 3 heterocycles. The van der Waals surface area contributed by atoms with Crippen molar-refractivity contribution in [1.82, 2.24) is 10.3 Å². The van der Waals surface area contributed by atoms with Gasteiger partial charge in [-0.05, 0) is 35.7 Å². The SMILES string of the molecule is c1ccc2c3c([nH]c2c1)[C@H](c1ccc2c(c1)NCO2)NCC3. The Kier molecular flexibility index (Phi) is 2.49. The number of nitrogens with one attached hydrogen (secondary N) is 3. The number of aromatic nitrogens is 1. The minimum Gasteiger partial charge on any atom is -0.471 e. The predicted octanol–water partition coefficient (Wildman–Crippen LogP) is 3.16. The molecule has 110 valence electrons.